The van der Waals surface area contributed by atoms with Crippen LogP contribution in [0, 0.1) is 11.3 Å². The molecule has 0 saturated carbocycles. The molecule has 0 aliphatic carbocycles. The first kappa shape index (κ1) is 13.8. The van der Waals surface area contributed by atoms with Crippen molar-refractivity contribution in [1.29, 1.82) is 5.26 Å². The van der Waals surface area contributed by atoms with Gasteiger partial charge in [-0.2, -0.15) is 5.26 Å². The summed E-state index contributed by atoms with van der Waals surface area (Å²) in [5.74, 6) is -0.131. The van der Waals surface area contributed by atoms with Crippen molar-refractivity contribution in [1.82, 2.24) is 0 Å². The van der Waals surface area contributed by atoms with Gasteiger partial charge in [-0.3, -0.25) is 0 Å². The minimum absolute atomic E-state index is 0.215. The van der Waals surface area contributed by atoms with Gasteiger partial charge < -0.3 is 15.2 Å². The normalized spacial score (nSPS) is 9.56. The predicted molar refractivity (Wildman–Crippen MR) is 67.2 cm³/mol. The molecule has 18 heavy (non-hydrogen) atoms. The van der Waals surface area contributed by atoms with E-state index in [1.807, 2.05) is 13.0 Å². The molecule has 5 heteroatoms. The lowest BCUT2D eigenvalue weighted by Gasteiger charge is -2.11. The number of rotatable bonds is 6. The lowest BCUT2D eigenvalue weighted by molar-refractivity contribution is 0.0497. The Morgan fingerprint density at radius 1 is 1.50 bits per heavy atom. The van der Waals surface area contributed by atoms with Crippen molar-refractivity contribution in [3.8, 4) is 11.8 Å². The van der Waals surface area contributed by atoms with Crippen molar-refractivity contribution >= 4 is 11.7 Å². The number of nitriles is 1. The van der Waals surface area contributed by atoms with E-state index in [0.29, 0.717) is 36.4 Å². The fraction of sp³-hybridized carbons (Fsp3) is 0.385. The number of benzene rings is 1. The molecule has 0 atom stereocenters. The molecule has 1 rings (SSSR count). The Morgan fingerprint density at radius 2 is 2.28 bits per heavy atom. The molecular formula is C13H16N2O3. The minimum Gasteiger partial charge on any atom is -0.491 e. The summed E-state index contributed by atoms with van der Waals surface area (Å²) in [6.07, 6.45) is 0.886. The topological polar surface area (TPSA) is 85.3 Å². The average Bonchev–Trinajstić information content (AvgIpc) is 2.37. The number of hydrogen-bond acceptors (Lipinski definition) is 5. The van der Waals surface area contributed by atoms with Gasteiger partial charge >= 0.3 is 5.97 Å². The predicted octanol–water partition coefficient (Wildman–Crippen LogP) is 2.13. The summed E-state index contributed by atoms with van der Waals surface area (Å²) in [5, 5.41) is 8.37. The van der Waals surface area contributed by atoms with Crippen LogP contribution in [0.4, 0.5) is 5.69 Å². The number of para-hydroxylation sites is 1. The number of esters is 1. The second kappa shape index (κ2) is 7.17. The molecule has 0 heterocycles. The van der Waals surface area contributed by atoms with Gasteiger partial charge in [0.1, 0.15) is 5.56 Å². The zero-order valence-electron chi connectivity index (χ0n) is 10.3. The third-order valence-corrected chi connectivity index (χ3v) is 2.22. The van der Waals surface area contributed by atoms with Crippen LogP contribution in [-0.4, -0.2) is 19.2 Å². The molecule has 96 valence electrons. The van der Waals surface area contributed by atoms with Crippen LogP contribution in [0.15, 0.2) is 18.2 Å². The van der Waals surface area contributed by atoms with Crippen LogP contribution in [0.1, 0.15) is 30.1 Å². The van der Waals surface area contributed by atoms with Crippen LogP contribution in [0.2, 0.25) is 0 Å². The van der Waals surface area contributed by atoms with Gasteiger partial charge in [0, 0.05) is 6.42 Å². The number of hydrogen-bond donors (Lipinski definition) is 1. The molecule has 0 radical (unpaired) electrons. The lowest BCUT2D eigenvalue weighted by Crippen LogP contribution is -2.10. The van der Waals surface area contributed by atoms with E-state index in [0.717, 1.165) is 0 Å². The summed E-state index contributed by atoms with van der Waals surface area (Å²) in [4.78, 5) is 11.8. The highest BCUT2D eigenvalue weighted by atomic mass is 16.5. The van der Waals surface area contributed by atoms with E-state index in [1.165, 1.54) is 0 Å². The monoisotopic (exact) mass is 248 g/mol. The van der Waals surface area contributed by atoms with E-state index in [2.05, 4.69) is 0 Å². The Morgan fingerprint density at radius 3 is 2.94 bits per heavy atom. The first-order chi connectivity index (χ1) is 8.70. The first-order valence-corrected chi connectivity index (χ1v) is 5.76. The Labute approximate surface area is 106 Å². The Hall–Kier alpha value is -2.22. The highest BCUT2D eigenvalue weighted by molar-refractivity contribution is 5.94. The molecule has 0 bridgehead atoms. The molecule has 0 aliphatic rings. The highest BCUT2D eigenvalue weighted by Crippen LogP contribution is 2.27. The maximum atomic E-state index is 11.8. The summed E-state index contributed by atoms with van der Waals surface area (Å²) in [7, 11) is 0. The minimum atomic E-state index is -0.483. The van der Waals surface area contributed by atoms with Crippen LogP contribution < -0.4 is 10.5 Å². The van der Waals surface area contributed by atoms with E-state index in [-0.39, 0.29) is 6.61 Å². The number of anilines is 1. The van der Waals surface area contributed by atoms with Crippen molar-refractivity contribution in [3.05, 3.63) is 23.8 Å². The van der Waals surface area contributed by atoms with Crippen LogP contribution in [0.3, 0.4) is 0 Å². The second-order valence-corrected chi connectivity index (χ2v) is 3.55. The molecule has 0 aromatic heterocycles. The van der Waals surface area contributed by atoms with Gasteiger partial charge in [0.05, 0.1) is 25.0 Å². The third kappa shape index (κ3) is 3.67. The van der Waals surface area contributed by atoms with E-state index >= 15 is 0 Å². The van der Waals surface area contributed by atoms with Gasteiger partial charge in [-0.05, 0) is 25.5 Å². The SMILES string of the molecule is CCOc1c(N)cccc1C(=O)OCCCC#N. The summed E-state index contributed by atoms with van der Waals surface area (Å²) in [6, 6.07) is 6.93. The fourth-order valence-corrected chi connectivity index (χ4v) is 1.41. The van der Waals surface area contributed by atoms with Gasteiger partial charge in [-0.15, -0.1) is 0 Å². The van der Waals surface area contributed by atoms with Gasteiger partial charge in [0.2, 0.25) is 0 Å². The van der Waals surface area contributed by atoms with E-state index < -0.39 is 5.97 Å². The lowest BCUT2D eigenvalue weighted by atomic mass is 10.1. The number of nitrogens with zero attached hydrogens (tertiary/aromatic N) is 1. The van der Waals surface area contributed by atoms with Gasteiger partial charge in [0.15, 0.2) is 5.75 Å². The van der Waals surface area contributed by atoms with E-state index in [1.54, 1.807) is 18.2 Å². The summed E-state index contributed by atoms with van der Waals surface area (Å²) < 4.78 is 10.4. The number of ether oxygens (including phenoxy) is 2. The quantitative estimate of drug-likeness (QED) is 0.473. The molecule has 5 nitrogen and oxygen atoms in total. The zero-order chi connectivity index (χ0) is 13.4. The highest BCUT2D eigenvalue weighted by Gasteiger charge is 2.15. The molecule has 0 unspecified atom stereocenters. The number of unbranched alkanes of at least 4 members (excludes halogenated alkanes) is 1. The molecule has 1 aromatic carbocycles. The van der Waals surface area contributed by atoms with Crippen LogP contribution in [-0.2, 0) is 4.74 Å². The largest absolute Gasteiger partial charge is 0.491 e. The van der Waals surface area contributed by atoms with Crippen molar-refractivity contribution in [2.75, 3.05) is 18.9 Å². The number of carbonyl (C=O) groups excluding carboxylic acids is 1. The smallest absolute Gasteiger partial charge is 0.342 e. The molecule has 0 amide bonds. The second-order valence-electron chi connectivity index (χ2n) is 3.55. The molecule has 2 N–H and O–H groups in total. The van der Waals surface area contributed by atoms with Gasteiger partial charge in [-0.25, -0.2) is 4.79 Å². The molecule has 0 spiro atoms. The van der Waals surface area contributed by atoms with Gasteiger partial charge in [-0.1, -0.05) is 6.07 Å². The Kier molecular flexibility index (Phi) is 5.52. The van der Waals surface area contributed by atoms with E-state index in [9.17, 15) is 4.79 Å². The van der Waals surface area contributed by atoms with Crippen molar-refractivity contribution in [2.24, 2.45) is 0 Å². The first-order valence-electron chi connectivity index (χ1n) is 5.76. The summed E-state index contributed by atoms with van der Waals surface area (Å²) in [5.41, 5.74) is 6.47. The average molecular weight is 248 g/mol. The molecule has 1 aromatic rings. The maximum Gasteiger partial charge on any atom is 0.342 e. The fourth-order valence-electron chi connectivity index (χ4n) is 1.41. The van der Waals surface area contributed by atoms with E-state index in [4.69, 9.17) is 20.5 Å². The number of nitrogens with two attached hydrogens (primary N) is 1. The number of carbonyl (C=O) groups is 1. The van der Waals surface area contributed by atoms with Gasteiger partial charge in [0.25, 0.3) is 0 Å². The van der Waals surface area contributed by atoms with Crippen LogP contribution in [0.25, 0.3) is 0 Å². The molecule has 0 saturated heterocycles. The van der Waals surface area contributed by atoms with Crippen molar-refractivity contribution in [3.63, 3.8) is 0 Å². The molecular weight excluding hydrogens is 232 g/mol. The maximum absolute atomic E-state index is 11.8. The van der Waals surface area contributed by atoms with Crippen molar-refractivity contribution in [2.45, 2.75) is 19.8 Å². The zero-order valence-corrected chi connectivity index (χ0v) is 10.3. The summed E-state index contributed by atoms with van der Waals surface area (Å²) in [6.45, 7) is 2.45. The van der Waals surface area contributed by atoms with Crippen LogP contribution >= 0.6 is 0 Å². The Bertz CT molecular complexity index is 452. The van der Waals surface area contributed by atoms with Crippen molar-refractivity contribution < 1.29 is 14.3 Å². The van der Waals surface area contributed by atoms with Crippen LogP contribution in [0.5, 0.6) is 5.75 Å². The molecule has 0 aliphatic heterocycles. The summed E-state index contributed by atoms with van der Waals surface area (Å²) >= 11 is 0. The third-order valence-electron chi connectivity index (χ3n) is 2.22. The molecule has 0 fully saturated rings. The standard InChI is InChI=1S/C13H16N2O3/c1-2-17-12-10(6-5-7-11(12)15)13(16)18-9-4-3-8-14/h5-7H,2-4,9,15H2,1H3. The Balaban J connectivity index is 2.73. The number of nitrogen functional groups attached to an aromatic ring is 1.